The van der Waals surface area contributed by atoms with Crippen molar-refractivity contribution in [3.63, 3.8) is 0 Å². The van der Waals surface area contributed by atoms with Crippen LogP contribution in [0.3, 0.4) is 0 Å². The molecule has 0 aromatic carbocycles. The van der Waals surface area contributed by atoms with Gasteiger partial charge in [0.25, 0.3) is 0 Å². The van der Waals surface area contributed by atoms with Gasteiger partial charge in [-0.05, 0) is 32.4 Å². The first-order valence-corrected chi connectivity index (χ1v) is 4.72. The standard InChI is InChI=1S/C9H16N2O/c1-7(12)9-6-11-3-2-8(5-11)4-10-9/h8-10H,2-6H2,1H3. The van der Waals surface area contributed by atoms with Gasteiger partial charge >= 0.3 is 0 Å². The van der Waals surface area contributed by atoms with Crippen LogP contribution in [0.1, 0.15) is 13.3 Å². The summed E-state index contributed by atoms with van der Waals surface area (Å²) in [6, 6.07) is 0.0929. The van der Waals surface area contributed by atoms with Gasteiger partial charge in [-0.2, -0.15) is 0 Å². The van der Waals surface area contributed by atoms with Crippen molar-refractivity contribution in [2.75, 3.05) is 26.2 Å². The molecule has 0 aliphatic carbocycles. The molecule has 2 heterocycles. The Morgan fingerprint density at radius 1 is 1.50 bits per heavy atom. The van der Waals surface area contributed by atoms with Gasteiger partial charge in [-0.25, -0.2) is 0 Å². The van der Waals surface area contributed by atoms with Gasteiger partial charge in [-0.1, -0.05) is 0 Å². The third-order valence-corrected chi connectivity index (χ3v) is 2.95. The molecule has 68 valence electrons. The summed E-state index contributed by atoms with van der Waals surface area (Å²) < 4.78 is 0. The summed E-state index contributed by atoms with van der Waals surface area (Å²) >= 11 is 0. The molecule has 1 N–H and O–H groups in total. The summed E-state index contributed by atoms with van der Waals surface area (Å²) in [5, 5.41) is 3.32. The van der Waals surface area contributed by atoms with E-state index in [0.29, 0.717) is 0 Å². The molecule has 0 spiro atoms. The fourth-order valence-electron chi connectivity index (χ4n) is 2.15. The van der Waals surface area contributed by atoms with Gasteiger partial charge in [0.2, 0.25) is 0 Å². The van der Waals surface area contributed by atoms with Crippen LogP contribution in [0.5, 0.6) is 0 Å². The highest BCUT2D eigenvalue weighted by molar-refractivity contribution is 5.81. The van der Waals surface area contributed by atoms with Crippen molar-refractivity contribution < 1.29 is 4.79 Å². The molecule has 0 radical (unpaired) electrons. The molecular formula is C9H16N2O. The first-order valence-electron chi connectivity index (χ1n) is 4.72. The predicted octanol–water partition coefficient (Wildman–Crippen LogP) is -0.131. The number of ketones is 1. The van der Waals surface area contributed by atoms with E-state index < -0.39 is 0 Å². The van der Waals surface area contributed by atoms with Gasteiger partial charge in [-0.15, -0.1) is 0 Å². The third-order valence-electron chi connectivity index (χ3n) is 2.95. The van der Waals surface area contributed by atoms with Crippen LogP contribution in [0.15, 0.2) is 0 Å². The van der Waals surface area contributed by atoms with E-state index in [9.17, 15) is 4.79 Å². The quantitative estimate of drug-likeness (QED) is 0.592. The Labute approximate surface area is 73.1 Å². The topological polar surface area (TPSA) is 32.3 Å². The van der Waals surface area contributed by atoms with Crippen molar-refractivity contribution in [3.8, 4) is 0 Å². The van der Waals surface area contributed by atoms with Crippen LogP contribution < -0.4 is 5.32 Å². The molecule has 2 aliphatic heterocycles. The number of carbonyl (C=O) groups is 1. The second-order valence-corrected chi connectivity index (χ2v) is 3.99. The lowest BCUT2D eigenvalue weighted by molar-refractivity contribution is -0.119. The van der Waals surface area contributed by atoms with Crippen LogP contribution in [0.25, 0.3) is 0 Å². The molecule has 3 nitrogen and oxygen atoms in total. The Morgan fingerprint density at radius 2 is 2.33 bits per heavy atom. The minimum absolute atomic E-state index is 0.0929. The zero-order valence-electron chi connectivity index (χ0n) is 7.55. The van der Waals surface area contributed by atoms with Crippen molar-refractivity contribution in [3.05, 3.63) is 0 Å². The zero-order valence-corrected chi connectivity index (χ0v) is 7.55. The molecule has 3 atom stereocenters. The van der Waals surface area contributed by atoms with Crippen molar-refractivity contribution in [2.45, 2.75) is 19.4 Å². The van der Waals surface area contributed by atoms with Crippen LogP contribution in [0, 0.1) is 5.92 Å². The van der Waals surface area contributed by atoms with E-state index in [0.717, 1.165) is 19.0 Å². The third kappa shape index (κ3) is 1.52. The van der Waals surface area contributed by atoms with E-state index in [1.807, 2.05) is 0 Å². The second kappa shape index (κ2) is 3.15. The van der Waals surface area contributed by atoms with Crippen LogP contribution >= 0.6 is 0 Å². The molecule has 0 amide bonds. The van der Waals surface area contributed by atoms with E-state index in [1.165, 1.54) is 19.5 Å². The minimum atomic E-state index is 0.0929. The molecule has 2 saturated heterocycles. The summed E-state index contributed by atoms with van der Waals surface area (Å²) in [7, 11) is 0. The Kier molecular flexibility index (Phi) is 2.15. The number of nitrogens with one attached hydrogen (secondary N) is 1. The number of rotatable bonds is 1. The number of carbonyl (C=O) groups excluding carboxylic acids is 1. The van der Waals surface area contributed by atoms with Gasteiger partial charge in [-0.3, -0.25) is 4.79 Å². The lowest BCUT2D eigenvalue weighted by atomic mass is 10.1. The highest BCUT2D eigenvalue weighted by atomic mass is 16.1. The maximum Gasteiger partial charge on any atom is 0.147 e. The molecule has 3 unspecified atom stereocenters. The smallest absolute Gasteiger partial charge is 0.147 e. The summed E-state index contributed by atoms with van der Waals surface area (Å²) in [6.07, 6.45) is 1.30. The predicted molar refractivity (Wildman–Crippen MR) is 47.0 cm³/mol. The molecule has 0 aromatic rings. The van der Waals surface area contributed by atoms with Gasteiger partial charge < -0.3 is 10.2 Å². The fourth-order valence-corrected chi connectivity index (χ4v) is 2.15. The van der Waals surface area contributed by atoms with E-state index in [1.54, 1.807) is 6.92 Å². The lowest BCUT2D eigenvalue weighted by Gasteiger charge is -2.20. The van der Waals surface area contributed by atoms with Crippen molar-refractivity contribution in [2.24, 2.45) is 5.92 Å². The fraction of sp³-hybridized carbons (Fsp3) is 0.889. The molecular weight excluding hydrogens is 152 g/mol. The summed E-state index contributed by atoms with van der Waals surface area (Å²) in [5.74, 6) is 1.07. The molecule has 2 aliphatic rings. The minimum Gasteiger partial charge on any atom is -0.306 e. The van der Waals surface area contributed by atoms with E-state index in [4.69, 9.17) is 0 Å². The number of fused-ring (bicyclic) bond motifs is 2. The van der Waals surface area contributed by atoms with E-state index >= 15 is 0 Å². The van der Waals surface area contributed by atoms with Crippen LogP contribution in [-0.2, 0) is 4.79 Å². The average molecular weight is 168 g/mol. The van der Waals surface area contributed by atoms with Crippen LogP contribution in [0.2, 0.25) is 0 Å². The van der Waals surface area contributed by atoms with Crippen LogP contribution in [-0.4, -0.2) is 42.9 Å². The molecule has 2 rings (SSSR count). The molecule has 2 bridgehead atoms. The van der Waals surface area contributed by atoms with Crippen molar-refractivity contribution in [1.29, 1.82) is 0 Å². The maximum atomic E-state index is 11.1. The second-order valence-electron chi connectivity index (χ2n) is 3.99. The van der Waals surface area contributed by atoms with Gasteiger partial charge in [0.05, 0.1) is 6.04 Å². The zero-order chi connectivity index (χ0) is 8.55. The Hall–Kier alpha value is -0.410. The van der Waals surface area contributed by atoms with Crippen molar-refractivity contribution >= 4 is 5.78 Å². The van der Waals surface area contributed by atoms with E-state index in [2.05, 4.69) is 10.2 Å². The lowest BCUT2D eigenvalue weighted by Crippen LogP contribution is -2.43. The van der Waals surface area contributed by atoms with E-state index in [-0.39, 0.29) is 11.8 Å². The number of Topliss-reactive ketones (excluding diaryl/α,β-unsaturated/α-hetero) is 1. The largest absolute Gasteiger partial charge is 0.306 e. The SMILES string of the molecule is CC(=O)C1CN2CCC(CN1)C2. The molecule has 2 fully saturated rings. The number of hydrogen-bond acceptors (Lipinski definition) is 3. The number of nitrogens with zero attached hydrogens (tertiary/aromatic N) is 1. The number of hydrogen-bond donors (Lipinski definition) is 1. The van der Waals surface area contributed by atoms with Crippen LogP contribution in [0.4, 0.5) is 0 Å². The average Bonchev–Trinajstić information content (AvgIpc) is 2.29. The first-order chi connectivity index (χ1) is 5.75. The first kappa shape index (κ1) is 8.20. The molecule has 0 aromatic heterocycles. The Bertz CT molecular complexity index is 193. The highest BCUT2D eigenvalue weighted by Crippen LogP contribution is 2.18. The Balaban J connectivity index is 2.00. The normalized spacial score (nSPS) is 40.9. The van der Waals surface area contributed by atoms with Gasteiger partial charge in [0, 0.05) is 13.1 Å². The maximum absolute atomic E-state index is 11.1. The molecule has 12 heavy (non-hydrogen) atoms. The monoisotopic (exact) mass is 168 g/mol. The Morgan fingerprint density at radius 3 is 3.08 bits per heavy atom. The van der Waals surface area contributed by atoms with Gasteiger partial charge in [0.15, 0.2) is 0 Å². The van der Waals surface area contributed by atoms with Gasteiger partial charge in [0.1, 0.15) is 5.78 Å². The summed E-state index contributed by atoms with van der Waals surface area (Å²) in [5.41, 5.74) is 0. The molecule has 3 heteroatoms. The summed E-state index contributed by atoms with van der Waals surface area (Å²) in [6.45, 7) is 6.01. The summed E-state index contributed by atoms with van der Waals surface area (Å²) in [4.78, 5) is 13.5. The molecule has 0 saturated carbocycles. The van der Waals surface area contributed by atoms with Crippen molar-refractivity contribution in [1.82, 2.24) is 10.2 Å². The highest BCUT2D eigenvalue weighted by Gasteiger charge is 2.30.